The maximum absolute atomic E-state index is 11.5. The molecule has 0 saturated carbocycles. The molecule has 1 unspecified atom stereocenters. The summed E-state index contributed by atoms with van der Waals surface area (Å²) in [4.78, 5) is 7.13. The number of nitrogens with two attached hydrogens (primary N) is 1. The zero-order valence-electron chi connectivity index (χ0n) is 15.4. The van der Waals surface area contributed by atoms with Crippen LogP contribution in [0.5, 0.6) is 0 Å². The van der Waals surface area contributed by atoms with E-state index in [9.17, 15) is 8.42 Å². The van der Waals surface area contributed by atoms with Gasteiger partial charge in [0.15, 0.2) is 5.96 Å². The summed E-state index contributed by atoms with van der Waals surface area (Å²) in [5.74, 6) is 2.33. The van der Waals surface area contributed by atoms with E-state index in [4.69, 9.17) is 10.1 Å². The Kier molecular flexibility index (Phi) is 6.84. The molecule has 0 radical (unpaired) electrons. The number of primary sulfonamides is 1. The van der Waals surface area contributed by atoms with E-state index in [1.165, 1.54) is 18.9 Å². The predicted octanol–water partition coefficient (Wildman–Crippen LogP) is 2.17. The molecule has 1 atom stereocenters. The lowest BCUT2D eigenvalue weighted by Gasteiger charge is -2.22. The van der Waals surface area contributed by atoms with E-state index in [0.29, 0.717) is 12.5 Å². The minimum atomic E-state index is -3.68. The van der Waals surface area contributed by atoms with Gasteiger partial charge in [0.1, 0.15) is 0 Å². The number of hydrogen-bond donors (Lipinski definition) is 2. The van der Waals surface area contributed by atoms with Crippen molar-refractivity contribution in [3.05, 3.63) is 29.8 Å². The molecule has 25 heavy (non-hydrogen) atoms. The molecule has 1 aliphatic heterocycles. The highest BCUT2D eigenvalue weighted by molar-refractivity contribution is 7.89. The van der Waals surface area contributed by atoms with Gasteiger partial charge < -0.3 is 10.2 Å². The van der Waals surface area contributed by atoms with Crippen molar-refractivity contribution in [2.45, 2.75) is 45.1 Å². The first-order valence-corrected chi connectivity index (χ1v) is 10.5. The smallest absolute Gasteiger partial charge is 0.238 e. The second-order valence-electron chi connectivity index (χ2n) is 7.09. The van der Waals surface area contributed by atoms with Crippen molar-refractivity contribution in [2.24, 2.45) is 22.0 Å². The molecule has 0 aliphatic carbocycles. The van der Waals surface area contributed by atoms with Crippen LogP contribution in [0.1, 0.15) is 39.2 Å². The van der Waals surface area contributed by atoms with Gasteiger partial charge >= 0.3 is 0 Å². The van der Waals surface area contributed by atoms with Gasteiger partial charge in [0.2, 0.25) is 10.0 Å². The molecule has 0 bridgehead atoms. The van der Waals surface area contributed by atoms with E-state index in [1.54, 1.807) is 12.1 Å². The van der Waals surface area contributed by atoms with Gasteiger partial charge in [0.05, 0.1) is 11.4 Å². The summed E-state index contributed by atoms with van der Waals surface area (Å²) in [6.45, 7) is 9.86. The van der Waals surface area contributed by atoms with Crippen LogP contribution in [0, 0.1) is 11.8 Å². The summed E-state index contributed by atoms with van der Waals surface area (Å²) in [5.41, 5.74) is 0.833. The van der Waals surface area contributed by atoms with E-state index in [0.717, 1.165) is 37.1 Å². The van der Waals surface area contributed by atoms with Crippen molar-refractivity contribution in [3.63, 3.8) is 0 Å². The van der Waals surface area contributed by atoms with Crippen LogP contribution in [-0.4, -0.2) is 38.9 Å². The molecule has 0 aromatic heterocycles. The monoisotopic (exact) mass is 366 g/mol. The Balaban J connectivity index is 2.08. The molecule has 1 aromatic carbocycles. The molecule has 1 heterocycles. The highest BCUT2D eigenvalue weighted by atomic mass is 32.2. The third-order valence-corrected chi connectivity index (χ3v) is 5.27. The van der Waals surface area contributed by atoms with Crippen LogP contribution in [0.3, 0.4) is 0 Å². The first-order valence-electron chi connectivity index (χ1n) is 8.94. The van der Waals surface area contributed by atoms with Crippen molar-refractivity contribution in [1.82, 2.24) is 10.2 Å². The summed E-state index contributed by atoms with van der Waals surface area (Å²) >= 11 is 0. The summed E-state index contributed by atoms with van der Waals surface area (Å²) in [7, 11) is -3.68. The van der Waals surface area contributed by atoms with Crippen molar-refractivity contribution < 1.29 is 8.42 Å². The lowest BCUT2D eigenvalue weighted by atomic mass is 9.97. The molecular weight excluding hydrogens is 336 g/mol. The molecule has 3 N–H and O–H groups in total. The zero-order chi connectivity index (χ0) is 18.4. The molecule has 1 aliphatic rings. The Morgan fingerprint density at radius 1 is 1.44 bits per heavy atom. The van der Waals surface area contributed by atoms with Crippen LogP contribution in [0.25, 0.3) is 0 Å². The molecule has 1 saturated heterocycles. The highest BCUT2D eigenvalue weighted by Crippen LogP contribution is 2.23. The van der Waals surface area contributed by atoms with Crippen LogP contribution < -0.4 is 10.5 Å². The average molecular weight is 367 g/mol. The predicted molar refractivity (Wildman–Crippen MR) is 102 cm³/mol. The van der Waals surface area contributed by atoms with Gasteiger partial charge in [0, 0.05) is 19.6 Å². The van der Waals surface area contributed by atoms with E-state index < -0.39 is 10.0 Å². The summed E-state index contributed by atoms with van der Waals surface area (Å²) in [6, 6.07) is 6.66. The van der Waals surface area contributed by atoms with Crippen LogP contribution in [0.2, 0.25) is 0 Å². The van der Waals surface area contributed by atoms with E-state index >= 15 is 0 Å². The maximum Gasteiger partial charge on any atom is 0.238 e. The number of rotatable bonds is 6. The van der Waals surface area contributed by atoms with E-state index in [-0.39, 0.29) is 4.90 Å². The van der Waals surface area contributed by atoms with Crippen molar-refractivity contribution in [3.8, 4) is 0 Å². The SMILES string of the molecule is CCNC(=NCc1cccc(S(N)(=O)=O)c1)N1CCC(CC(C)C)C1. The molecule has 1 fully saturated rings. The van der Waals surface area contributed by atoms with E-state index in [2.05, 4.69) is 31.0 Å². The fraction of sp³-hybridized carbons (Fsp3) is 0.611. The Morgan fingerprint density at radius 3 is 2.84 bits per heavy atom. The van der Waals surface area contributed by atoms with Gasteiger partial charge in [-0.05, 0) is 49.3 Å². The number of nitrogens with one attached hydrogen (secondary N) is 1. The van der Waals surface area contributed by atoms with Crippen molar-refractivity contribution >= 4 is 16.0 Å². The van der Waals surface area contributed by atoms with Crippen LogP contribution in [0.4, 0.5) is 0 Å². The van der Waals surface area contributed by atoms with Crippen LogP contribution in [-0.2, 0) is 16.6 Å². The largest absolute Gasteiger partial charge is 0.357 e. The molecule has 140 valence electrons. The fourth-order valence-corrected chi connectivity index (χ4v) is 3.88. The third kappa shape index (κ3) is 6.01. The van der Waals surface area contributed by atoms with Gasteiger partial charge in [-0.2, -0.15) is 0 Å². The van der Waals surface area contributed by atoms with Gasteiger partial charge in [0.25, 0.3) is 0 Å². The lowest BCUT2D eigenvalue weighted by Crippen LogP contribution is -2.40. The number of nitrogens with zero attached hydrogens (tertiary/aromatic N) is 2. The number of sulfonamides is 1. The standard InChI is InChI=1S/C18H30N4O2S/c1-4-20-18(22-9-8-16(13-22)10-14(2)3)21-12-15-6-5-7-17(11-15)25(19,23)24/h5-7,11,14,16H,4,8-10,12-13H2,1-3H3,(H,20,21)(H2,19,23,24). The Labute approximate surface area is 151 Å². The Morgan fingerprint density at radius 2 is 2.20 bits per heavy atom. The van der Waals surface area contributed by atoms with Gasteiger partial charge in [-0.15, -0.1) is 0 Å². The second-order valence-corrected chi connectivity index (χ2v) is 8.65. The molecule has 2 rings (SSSR count). The van der Waals surface area contributed by atoms with Gasteiger partial charge in [-0.1, -0.05) is 26.0 Å². The quantitative estimate of drug-likeness (QED) is 0.596. The van der Waals surface area contributed by atoms with Crippen LogP contribution >= 0.6 is 0 Å². The number of hydrogen-bond acceptors (Lipinski definition) is 3. The van der Waals surface area contributed by atoms with Gasteiger partial charge in [-0.25, -0.2) is 18.5 Å². The third-order valence-electron chi connectivity index (χ3n) is 4.36. The lowest BCUT2D eigenvalue weighted by molar-refractivity contribution is 0.403. The summed E-state index contributed by atoms with van der Waals surface area (Å²) in [6.07, 6.45) is 2.44. The van der Waals surface area contributed by atoms with Crippen molar-refractivity contribution in [2.75, 3.05) is 19.6 Å². The summed E-state index contributed by atoms with van der Waals surface area (Å²) in [5, 5.41) is 8.55. The maximum atomic E-state index is 11.5. The minimum absolute atomic E-state index is 0.128. The van der Waals surface area contributed by atoms with Gasteiger partial charge in [-0.3, -0.25) is 0 Å². The number of guanidine groups is 1. The molecule has 1 aromatic rings. The minimum Gasteiger partial charge on any atom is -0.357 e. The average Bonchev–Trinajstić information content (AvgIpc) is 2.98. The van der Waals surface area contributed by atoms with Crippen molar-refractivity contribution in [1.29, 1.82) is 0 Å². The number of likely N-dealkylation sites (tertiary alicyclic amines) is 1. The van der Waals surface area contributed by atoms with Crippen LogP contribution in [0.15, 0.2) is 34.2 Å². The normalized spacial score (nSPS) is 18.8. The second kappa shape index (κ2) is 8.67. The molecule has 7 heteroatoms. The summed E-state index contributed by atoms with van der Waals surface area (Å²) < 4.78 is 23.0. The first-order chi connectivity index (χ1) is 11.8. The van der Waals surface area contributed by atoms with E-state index in [1.807, 2.05) is 6.07 Å². The molecule has 6 nitrogen and oxygen atoms in total. The molecular formula is C18H30N4O2S. The number of benzene rings is 1. The molecule has 0 amide bonds. The zero-order valence-corrected chi connectivity index (χ0v) is 16.2. The highest BCUT2D eigenvalue weighted by Gasteiger charge is 2.25. The number of aliphatic imine (C=N–C) groups is 1. The molecule has 0 spiro atoms. The Hall–Kier alpha value is -1.60. The Bertz CT molecular complexity index is 701. The topological polar surface area (TPSA) is 87.8 Å². The first kappa shape index (κ1) is 19.7. The fourth-order valence-electron chi connectivity index (χ4n) is 3.30.